The molecule has 158 valence electrons. The zero-order valence-corrected chi connectivity index (χ0v) is 18.3. The first-order chi connectivity index (χ1) is 14.0. The first kappa shape index (κ1) is 20.4. The standard InChI is InChI=1S/C22H32N4O2S/c1-16-5-3-4-10-25(16)13-9-23-21(27)17-6-11-26(12-7-17)22(28)19-15-20-18(24(19)2)8-14-29-20/h8,14-17H,3-7,9-13H2,1-2H3,(H,23,27)/t16-/m0/s1. The fourth-order valence-corrected chi connectivity index (χ4v) is 5.57. The Balaban J connectivity index is 1.24. The van der Waals surface area contributed by atoms with Gasteiger partial charge in [-0.3, -0.25) is 14.5 Å². The van der Waals surface area contributed by atoms with Gasteiger partial charge in [-0.1, -0.05) is 6.42 Å². The van der Waals surface area contributed by atoms with E-state index in [9.17, 15) is 9.59 Å². The Bertz CT molecular complexity index is 865. The van der Waals surface area contributed by atoms with Crippen LogP contribution in [0.15, 0.2) is 17.5 Å². The zero-order chi connectivity index (χ0) is 20.4. The molecule has 0 radical (unpaired) electrons. The van der Waals surface area contributed by atoms with E-state index in [0.29, 0.717) is 19.1 Å². The third-order valence-electron chi connectivity index (χ3n) is 6.67. The van der Waals surface area contributed by atoms with Crippen LogP contribution < -0.4 is 5.32 Å². The number of amides is 2. The van der Waals surface area contributed by atoms with Crippen molar-refractivity contribution < 1.29 is 9.59 Å². The van der Waals surface area contributed by atoms with E-state index in [1.165, 1.54) is 19.3 Å². The van der Waals surface area contributed by atoms with Crippen LogP contribution in [-0.2, 0) is 11.8 Å². The Morgan fingerprint density at radius 1 is 1.17 bits per heavy atom. The van der Waals surface area contributed by atoms with Crippen LogP contribution in [0, 0.1) is 5.92 Å². The first-order valence-electron chi connectivity index (χ1n) is 10.9. The Labute approximate surface area is 176 Å². The van der Waals surface area contributed by atoms with E-state index < -0.39 is 0 Å². The first-order valence-corrected chi connectivity index (χ1v) is 11.8. The molecule has 2 aliphatic rings. The van der Waals surface area contributed by atoms with Gasteiger partial charge in [0.25, 0.3) is 5.91 Å². The maximum atomic E-state index is 12.9. The summed E-state index contributed by atoms with van der Waals surface area (Å²) in [5.41, 5.74) is 1.85. The number of piperidine rings is 2. The molecule has 6 nitrogen and oxygen atoms in total. The lowest BCUT2D eigenvalue weighted by molar-refractivity contribution is -0.126. The number of aromatic nitrogens is 1. The van der Waals surface area contributed by atoms with Crippen LogP contribution in [0.5, 0.6) is 0 Å². The van der Waals surface area contributed by atoms with Crippen LogP contribution in [0.4, 0.5) is 0 Å². The summed E-state index contributed by atoms with van der Waals surface area (Å²) in [6.45, 7) is 6.40. The number of nitrogens with one attached hydrogen (secondary N) is 1. The highest BCUT2D eigenvalue weighted by atomic mass is 32.1. The number of likely N-dealkylation sites (tertiary alicyclic amines) is 2. The molecule has 2 aromatic rings. The Hall–Kier alpha value is -1.86. The molecule has 0 saturated carbocycles. The predicted molar refractivity (Wildman–Crippen MR) is 117 cm³/mol. The molecule has 2 aromatic heterocycles. The molecule has 4 rings (SSSR count). The van der Waals surface area contributed by atoms with Crippen LogP contribution in [0.3, 0.4) is 0 Å². The molecule has 4 heterocycles. The highest BCUT2D eigenvalue weighted by molar-refractivity contribution is 7.17. The van der Waals surface area contributed by atoms with Gasteiger partial charge in [0.15, 0.2) is 0 Å². The van der Waals surface area contributed by atoms with Crippen molar-refractivity contribution in [3.05, 3.63) is 23.2 Å². The van der Waals surface area contributed by atoms with Crippen LogP contribution in [0.1, 0.15) is 49.5 Å². The number of carbonyl (C=O) groups is 2. The van der Waals surface area contributed by atoms with Gasteiger partial charge in [-0.2, -0.15) is 0 Å². The van der Waals surface area contributed by atoms with E-state index in [1.807, 2.05) is 22.6 Å². The molecule has 7 heteroatoms. The van der Waals surface area contributed by atoms with E-state index >= 15 is 0 Å². The maximum absolute atomic E-state index is 12.9. The smallest absolute Gasteiger partial charge is 0.270 e. The van der Waals surface area contributed by atoms with E-state index in [4.69, 9.17) is 0 Å². The number of aryl methyl sites for hydroxylation is 1. The van der Waals surface area contributed by atoms with Crippen LogP contribution >= 0.6 is 11.3 Å². The lowest BCUT2D eigenvalue weighted by atomic mass is 9.95. The van der Waals surface area contributed by atoms with Crippen molar-refractivity contribution in [3.63, 3.8) is 0 Å². The SMILES string of the molecule is C[C@H]1CCCCN1CCNC(=O)C1CCN(C(=O)c2cc3sccc3n2C)CC1. The van der Waals surface area contributed by atoms with E-state index in [1.54, 1.807) is 11.3 Å². The van der Waals surface area contributed by atoms with Gasteiger partial charge in [-0.05, 0) is 56.7 Å². The summed E-state index contributed by atoms with van der Waals surface area (Å²) in [6.07, 6.45) is 5.35. The fraction of sp³-hybridized carbons (Fsp3) is 0.636. The molecule has 1 atom stereocenters. The molecule has 0 aliphatic carbocycles. The second-order valence-corrected chi connectivity index (χ2v) is 9.44. The van der Waals surface area contributed by atoms with Crippen molar-refractivity contribution in [2.24, 2.45) is 13.0 Å². The van der Waals surface area contributed by atoms with Gasteiger partial charge >= 0.3 is 0 Å². The molecule has 0 bridgehead atoms. The molecule has 0 spiro atoms. The van der Waals surface area contributed by atoms with Crippen molar-refractivity contribution >= 4 is 33.4 Å². The second-order valence-electron chi connectivity index (χ2n) is 8.50. The molecule has 1 N–H and O–H groups in total. The van der Waals surface area contributed by atoms with E-state index in [-0.39, 0.29) is 17.7 Å². The Kier molecular flexibility index (Phi) is 6.25. The Morgan fingerprint density at radius 3 is 2.69 bits per heavy atom. The number of fused-ring (bicyclic) bond motifs is 1. The number of hydrogen-bond acceptors (Lipinski definition) is 4. The summed E-state index contributed by atoms with van der Waals surface area (Å²) >= 11 is 1.66. The highest BCUT2D eigenvalue weighted by Crippen LogP contribution is 2.26. The highest BCUT2D eigenvalue weighted by Gasteiger charge is 2.29. The van der Waals surface area contributed by atoms with Gasteiger partial charge in [0.05, 0.1) is 10.2 Å². The van der Waals surface area contributed by atoms with Gasteiger partial charge in [0, 0.05) is 45.2 Å². The molecule has 29 heavy (non-hydrogen) atoms. The predicted octanol–water partition coefficient (Wildman–Crippen LogP) is 3.08. The number of carbonyl (C=O) groups excluding carboxylic acids is 2. The summed E-state index contributed by atoms with van der Waals surface area (Å²) in [4.78, 5) is 29.9. The van der Waals surface area contributed by atoms with E-state index in [0.717, 1.165) is 48.4 Å². The summed E-state index contributed by atoms with van der Waals surface area (Å²) in [6, 6.07) is 4.67. The Morgan fingerprint density at radius 2 is 1.97 bits per heavy atom. The third kappa shape index (κ3) is 4.36. The molecule has 2 saturated heterocycles. The van der Waals surface area contributed by atoms with Crippen LogP contribution in [-0.4, -0.2) is 64.9 Å². The molecular formula is C22H32N4O2S. The minimum absolute atomic E-state index is 0.0229. The van der Waals surface area contributed by atoms with Gasteiger partial charge < -0.3 is 14.8 Å². The number of thiophene rings is 1. The van der Waals surface area contributed by atoms with Crippen molar-refractivity contribution in [3.8, 4) is 0 Å². The molecule has 0 unspecified atom stereocenters. The van der Waals surface area contributed by atoms with Crippen molar-refractivity contribution in [2.75, 3.05) is 32.7 Å². The molecule has 0 aromatic carbocycles. The minimum atomic E-state index is 0.0229. The summed E-state index contributed by atoms with van der Waals surface area (Å²) in [7, 11) is 1.95. The number of rotatable bonds is 5. The lowest BCUT2D eigenvalue weighted by Gasteiger charge is -2.34. The van der Waals surface area contributed by atoms with Crippen LogP contribution in [0.2, 0.25) is 0 Å². The normalized spacial score (nSPS) is 21.6. The topological polar surface area (TPSA) is 57.6 Å². The van der Waals surface area contributed by atoms with Gasteiger partial charge in [-0.15, -0.1) is 11.3 Å². The second kappa shape index (κ2) is 8.88. The lowest BCUT2D eigenvalue weighted by Crippen LogP contribution is -2.46. The van der Waals surface area contributed by atoms with Gasteiger partial charge in [0.2, 0.25) is 5.91 Å². The van der Waals surface area contributed by atoms with Crippen molar-refractivity contribution in [2.45, 2.75) is 45.1 Å². The summed E-state index contributed by atoms with van der Waals surface area (Å²) in [5, 5.41) is 5.18. The third-order valence-corrected chi connectivity index (χ3v) is 7.53. The minimum Gasteiger partial charge on any atom is -0.355 e. The van der Waals surface area contributed by atoms with Gasteiger partial charge in [0.1, 0.15) is 5.69 Å². The monoisotopic (exact) mass is 416 g/mol. The van der Waals surface area contributed by atoms with Crippen molar-refractivity contribution in [1.29, 1.82) is 0 Å². The molecular weight excluding hydrogens is 384 g/mol. The van der Waals surface area contributed by atoms with E-state index in [2.05, 4.69) is 28.6 Å². The quantitative estimate of drug-likeness (QED) is 0.815. The average Bonchev–Trinajstić information content (AvgIpc) is 3.32. The maximum Gasteiger partial charge on any atom is 0.270 e. The zero-order valence-electron chi connectivity index (χ0n) is 17.5. The molecule has 2 aliphatic heterocycles. The summed E-state index contributed by atoms with van der Waals surface area (Å²) < 4.78 is 3.13. The molecule has 2 fully saturated rings. The van der Waals surface area contributed by atoms with Gasteiger partial charge in [-0.25, -0.2) is 0 Å². The largest absolute Gasteiger partial charge is 0.355 e. The fourth-order valence-electron chi connectivity index (χ4n) is 4.72. The summed E-state index contributed by atoms with van der Waals surface area (Å²) in [5.74, 6) is 0.254. The number of nitrogens with zero attached hydrogens (tertiary/aromatic N) is 3. The average molecular weight is 417 g/mol. The van der Waals surface area contributed by atoms with Crippen LogP contribution in [0.25, 0.3) is 10.2 Å². The van der Waals surface area contributed by atoms with Crippen molar-refractivity contribution in [1.82, 2.24) is 19.7 Å². The number of hydrogen-bond donors (Lipinski definition) is 1. The molecule has 2 amide bonds.